The molecule has 0 amide bonds. The van der Waals surface area contributed by atoms with Crippen LogP contribution in [-0.2, 0) is 19.8 Å². The average Bonchev–Trinajstić information content (AvgIpc) is 3.28. The lowest BCUT2D eigenvalue weighted by molar-refractivity contribution is -0.633. The third-order valence-electron chi connectivity index (χ3n) is 6.08. The Bertz CT molecular complexity index is 1500. The maximum Gasteiger partial charge on any atom is 0.213 e. The number of pyridine rings is 1. The van der Waals surface area contributed by atoms with Gasteiger partial charge in [-0.1, -0.05) is 26.0 Å². The van der Waals surface area contributed by atoms with Crippen LogP contribution in [0.1, 0.15) is 54.5 Å². The second-order valence-electron chi connectivity index (χ2n) is 8.58. The Morgan fingerprint density at radius 1 is 1.23 bits per heavy atom. The normalized spacial score (nSPS) is 16.0. The molecule has 0 bridgehead atoms. The van der Waals surface area contributed by atoms with Gasteiger partial charge in [0.05, 0.1) is 16.9 Å². The smallest absolute Gasteiger partial charge is 0.213 e. The fraction of sp³-hybridized carbons (Fsp3) is 0.333. The minimum Gasteiger partial charge on any atom is -0.303 e. The molecule has 0 aliphatic carbocycles. The molecule has 152 valence electrons. The lowest BCUT2D eigenvalue weighted by Gasteiger charge is -2.15. The first-order valence-corrected chi connectivity index (χ1v) is 10.5. The fourth-order valence-corrected chi connectivity index (χ4v) is 4.71. The zero-order chi connectivity index (χ0) is 25.4. The number of hydrogen-bond donors (Lipinski definition) is 0. The molecule has 0 atom stereocenters. The van der Waals surface area contributed by atoms with Crippen molar-refractivity contribution in [1.29, 1.82) is 0 Å². The minimum absolute atomic E-state index is 0.176. The van der Waals surface area contributed by atoms with Gasteiger partial charge < -0.3 is 4.57 Å². The molecular weight excluding hydrogens is 366 g/mol. The van der Waals surface area contributed by atoms with E-state index in [1.54, 1.807) is 6.07 Å². The standard InChI is InChI=1S/C27H30N3/c1-16(2)12-20-8-7-9-23-21(20)10-11-24(29(23)6)27-19(5)17(3)13-25-22(27)14-26-28-18(4)15-30(25)26/h7-11,13,15-16H,12,14H2,1-6H3/q+1/i3D3,12D2. The minimum atomic E-state index is -2.25. The molecular formula is C27H30N3+. The van der Waals surface area contributed by atoms with Crippen LogP contribution < -0.4 is 4.57 Å². The van der Waals surface area contributed by atoms with Crippen LogP contribution in [0.25, 0.3) is 27.8 Å². The predicted molar refractivity (Wildman–Crippen MR) is 123 cm³/mol. The Kier molecular flexibility index (Phi) is 3.20. The number of rotatable bonds is 3. The van der Waals surface area contributed by atoms with Gasteiger partial charge in [0.1, 0.15) is 12.9 Å². The van der Waals surface area contributed by atoms with Gasteiger partial charge in [-0.05, 0) is 67.4 Å². The van der Waals surface area contributed by atoms with Crippen LogP contribution in [0.15, 0.2) is 42.6 Å². The zero-order valence-corrected chi connectivity index (χ0v) is 18.2. The van der Waals surface area contributed by atoms with Gasteiger partial charge in [-0.3, -0.25) is 0 Å². The van der Waals surface area contributed by atoms with E-state index in [0.29, 0.717) is 17.5 Å². The Morgan fingerprint density at radius 2 is 2.07 bits per heavy atom. The van der Waals surface area contributed by atoms with Crippen LogP contribution in [0.2, 0.25) is 0 Å². The van der Waals surface area contributed by atoms with Crippen LogP contribution in [0.3, 0.4) is 0 Å². The first-order valence-electron chi connectivity index (χ1n) is 13.0. The Balaban J connectivity index is 1.82. The molecule has 0 fully saturated rings. The van der Waals surface area contributed by atoms with Crippen molar-refractivity contribution in [3.05, 3.63) is 76.4 Å². The van der Waals surface area contributed by atoms with Crippen molar-refractivity contribution < 1.29 is 11.4 Å². The van der Waals surface area contributed by atoms with Crippen molar-refractivity contribution in [3.63, 3.8) is 0 Å². The lowest BCUT2D eigenvalue weighted by atomic mass is 9.91. The second-order valence-corrected chi connectivity index (χ2v) is 8.58. The van der Waals surface area contributed by atoms with Crippen LogP contribution in [0.5, 0.6) is 0 Å². The molecule has 0 N–H and O–H groups in total. The summed E-state index contributed by atoms with van der Waals surface area (Å²) in [5.74, 6) is 0.738. The lowest BCUT2D eigenvalue weighted by Crippen LogP contribution is -2.32. The highest BCUT2D eigenvalue weighted by Crippen LogP contribution is 2.38. The van der Waals surface area contributed by atoms with Gasteiger partial charge in [-0.25, -0.2) is 4.98 Å². The Hall–Kier alpha value is -2.94. The summed E-state index contributed by atoms with van der Waals surface area (Å²) in [4.78, 5) is 4.66. The number of hydrogen-bond acceptors (Lipinski definition) is 1. The summed E-state index contributed by atoms with van der Waals surface area (Å²) < 4.78 is 46.1. The molecule has 2 aromatic carbocycles. The largest absolute Gasteiger partial charge is 0.303 e. The van der Waals surface area contributed by atoms with Crippen molar-refractivity contribution in [3.8, 4) is 16.9 Å². The van der Waals surface area contributed by atoms with Gasteiger partial charge in [-0.2, -0.15) is 4.57 Å². The Labute approximate surface area is 186 Å². The van der Waals surface area contributed by atoms with Crippen molar-refractivity contribution in [1.82, 2.24) is 9.55 Å². The van der Waals surface area contributed by atoms with E-state index in [4.69, 9.17) is 6.85 Å². The zero-order valence-electron chi connectivity index (χ0n) is 23.2. The van der Waals surface area contributed by atoms with E-state index >= 15 is 0 Å². The highest BCUT2D eigenvalue weighted by atomic mass is 15.1. The first-order chi connectivity index (χ1) is 16.3. The molecule has 30 heavy (non-hydrogen) atoms. The van der Waals surface area contributed by atoms with Gasteiger partial charge in [-0.15, -0.1) is 0 Å². The van der Waals surface area contributed by atoms with Gasteiger partial charge in [0.2, 0.25) is 11.2 Å². The maximum atomic E-state index is 8.68. The predicted octanol–water partition coefficient (Wildman–Crippen LogP) is 5.54. The summed E-state index contributed by atoms with van der Waals surface area (Å²) in [6.45, 7) is 5.38. The van der Waals surface area contributed by atoms with Gasteiger partial charge in [0.15, 0.2) is 0 Å². The van der Waals surface area contributed by atoms with E-state index in [0.717, 1.165) is 50.5 Å². The van der Waals surface area contributed by atoms with E-state index in [1.165, 1.54) is 0 Å². The van der Waals surface area contributed by atoms with Crippen LogP contribution in [0.4, 0.5) is 0 Å². The van der Waals surface area contributed by atoms with Gasteiger partial charge >= 0.3 is 0 Å². The van der Waals surface area contributed by atoms with E-state index < -0.39 is 13.2 Å². The molecule has 4 aromatic rings. The molecule has 3 heteroatoms. The number of imidazole rings is 1. The molecule has 1 aliphatic heterocycles. The van der Waals surface area contributed by atoms with Gasteiger partial charge in [0, 0.05) is 37.0 Å². The average molecular weight is 402 g/mol. The number of nitrogens with zero attached hydrogens (tertiary/aromatic N) is 3. The number of aryl methyl sites for hydroxylation is 3. The van der Waals surface area contributed by atoms with Crippen molar-refractivity contribution in [2.45, 2.75) is 47.3 Å². The quantitative estimate of drug-likeness (QED) is 0.364. The maximum absolute atomic E-state index is 8.68. The summed E-state index contributed by atoms with van der Waals surface area (Å²) in [6.07, 6.45) is 1.12. The van der Waals surface area contributed by atoms with Gasteiger partial charge in [0.25, 0.3) is 0 Å². The third kappa shape index (κ3) is 2.79. The first kappa shape index (κ1) is 14.1. The van der Waals surface area contributed by atoms with E-state index in [2.05, 4.69) is 9.55 Å². The molecule has 5 rings (SSSR count). The molecule has 0 radical (unpaired) electrons. The molecule has 0 spiro atoms. The van der Waals surface area contributed by atoms with E-state index in [9.17, 15) is 0 Å². The molecule has 2 aromatic heterocycles. The summed E-state index contributed by atoms with van der Waals surface area (Å²) in [7, 11) is 1.97. The molecule has 1 aliphatic rings. The van der Waals surface area contributed by atoms with E-state index in [-0.39, 0.29) is 5.92 Å². The third-order valence-corrected chi connectivity index (χ3v) is 6.08. The molecule has 0 saturated heterocycles. The van der Waals surface area contributed by atoms with Crippen molar-refractivity contribution in [2.24, 2.45) is 13.0 Å². The van der Waals surface area contributed by atoms with Crippen LogP contribution in [-0.4, -0.2) is 9.55 Å². The summed E-state index contributed by atoms with van der Waals surface area (Å²) in [5, 5.41) is 0.863. The monoisotopic (exact) mass is 401 g/mol. The summed E-state index contributed by atoms with van der Waals surface area (Å²) >= 11 is 0. The van der Waals surface area contributed by atoms with Crippen molar-refractivity contribution >= 4 is 10.9 Å². The summed E-state index contributed by atoms with van der Waals surface area (Å²) in [5.41, 5.74) is 7.33. The summed E-state index contributed by atoms with van der Waals surface area (Å²) in [6, 6.07) is 11.5. The van der Waals surface area contributed by atoms with Crippen LogP contribution in [0, 0.1) is 26.6 Å². The second kappa shape index (κ2) is 6.80. The molecule has 3 nitrogen and oxygen atoms in total. The SMILES string of the molecule is [2H]C([2H])([2H])c1cc2c(c(-c3ccc4c(C([2H])([2H])C(C)C)cccc4[n+]3C)c1C)Cc1nc(C)cn1-2. The number of fused-ring (bicyclic) bond motifs is 4. The van der Waals surface area contributed by atoms with Crippen LogP contribution >= 0.6 is 0 Å². The molecule has 3 heterocycles. The van der Waals surface area contributed by atoms with Crippen molar-refractivity contribution in [2.75, 3.05) is 0 Å². The Morgan fingerprint density at radius 3 is 2.83 bits per heavy atom. The highest BCUT2D eigenvalue weighted by Gasteiger charge is 2.29. The van der Waals surface area contributed by atoms with E-state index in [1.807, 2.05) is 75.8 Å². The fourth-order valence-electron chi connectivity index (χ4n) is 4.71. The topological polar surface area (TPSA) is 21.7 Å². The molecule has 0 saturated carbocycles. The molecule has 0 unspecified atom stereocenters. The number of aromatic nitrogens is 3. The number of benzene rings is 2. The highest BCUT2D eigenvalue weighted by molar-refractivity contribution is 5.83.